The number of hydrogen-bond donors (Lipinski definition) is 6. The average molecular weight is 277 g/mol. The summed E-state index contributed by atoms with van der Waals surface area (Å²) in [4.78, 5) is 42.7. The molecule has 2 atom stereocenters. The van der Waals surface area contributed by atoms with Crippen molar-refractivity contribution in [2.45, 2.75) is 24.9 Å². The Labute approximate surface area is 107 Å². The number of carbonyl (C=O) groups excluding carboxylic acids is 1. The van der Waals surface area contributed by atoms with Crippen LogP contribution in [-0.2, 0) is 14.4 Å². The molecule has 0 spiro atoms. The van der Waals surface area contributed by atoms with Crippen LogP contribution in [0, 0.1) is 0 Å². The van der Waals surface area contributed by atoms with Crippen LogP contribution in [0.25, 0.3) is 0 Å². The van der Waals surface area contributed by atoms with Gasteiger partial charge in [0.25, 0.3) is 0 Å². The van der Waals surface area contributed by atoms with E-state index in [1.165, 1.54) is 0 Å². The molecule has 0 aliphatic heterocycles. The molecule has 0 aromatic carbocycles. The molecule has 0 unspecified atom stereocenters. The number of amides is 2. The molecule has 108 valence electrons. The summed E-state index contributed by atoms with van der Waals surface area (Å²) < 4.78 is 0. The van der Waals surface area contributed by atoms with E-state index >= 15 is 0 Å². The predicted molar refractivity (Wildman–Crippen MR) is 60.4 cm³/mol. The van der Waals surface area contributed by atoms with E-state index in [0.717, 1.165) is 0 Å². The van der Waals surface area contributed by atoms with Crippen molar-refractivity contribution in [1.82, 2.24) is 10.6 Å². The van der Waals surface area contributed by atoms with E-state index in [9.17, 15) is 19.2 Å². The van der Waals surface area contributed by atoms with Crippen molar-refractivity contribution in [3.63, 3.8) is 0 Å². The van der Waals surface area contributed by atoms with E-state index in [1.54, 1.807) is 0 Å². The SMILES string of the molecule is N[C@@H](CNC(=O)N[C@@H](CCC(=O)O)C(=O)O)C(=O)O. The predicted octanol–water partition coefficient (Wildman–Crippen LogP) is -1.98. The number of rotatable bonds is 8. The highest BCUT2D eigenvalue weighted by atomic mass is 16.4. The summed E-state index contributed by atoms with van der Waals surface area (Å²) in [5.41, 5.74) is 5.12. The summed E-state index contributed by atoms with van der Waals surface area (Å²) in [7, 11) is 0. The van der Waals surface area contributed by atoms with Gasteiger partial charge in [0.2, 0.25) is 0 Å². The van der Waals surface area contributed by atoms with Crippen molar-refractivity contribution in [3.05, 3.63) is 0 Å². The van der Waals surface area contributed by atoms with E-state index in [-0.39, 0.29) is 13.0 Å². The minimum atomic E-state index is -1.39. The first-order valence-electron chi connectivity index (χ1n) is 5.21. The molecule has 0 radical (unpaired) electrons. The largest absolute Gasteiger partial charge is 0.481 e. The van der Waals surface area contributed by atoms with Gasteiger partial charge in [0.15, 0.2) is 0 Å². The minimum absolute atomic E-state index is 0.289. The molecule has 10 nitrogen and oxygen atoms in total. The van der Waals surface area contributed by atoms with Crippen LogP contribution >= 0.6 is 0 Å². The molecule has 2 amide bonds. The number of carboxylic acids is 3. The lowest BCUT2D eigenvalue weighted by Gasteiger charge is -2.15. The lowest BCUT2D eigenvalue weighted by Crippen LogP contribution is -2.50. The van der Waals surface area contributed by atoms with Gasteiger partial charge in [0, 0.05) is 13.0 Å². The molecule has 0 aliphatic rings. The molecule has 0 rings (SSSR count). The average Bonchev–Trinajstić information content (AvgIpc) is 2.30. The Kier molecular flexibility index (Phi) is 6.89. The summed E-state index contributed by atoms with van der Waals surface area (Å²) in [5, 5.41) is 29.7. The monoisotopic (exact) mass is 277 g/mol. The van der Waals surface area contributed by atoms with Gasteiger partial charge in [-0.25, -0.2) is 9.59 Å². The first kappa shape index (κ1) is 16.6. The first-order valence-corrected chi connectivity index (χ1v) is 5.21. The highest BCUT2D eigenvalue weighted by Gasteiger charge is 2.21. The molecule has 0 bridgehead atoms. The minimum Gasteiger partial charge on any atom is -0.481 e. The molecule has 0 fully saturated rings. The van der Waals surface area contributed by atoms with Crippen LogP contribution in [0.15, 0.2) is 0 Å². The highest BCUT2D eigenvalue weighted by Crippen LogP contribution is 1.97. The van der Waals surface area contributed by atoms with E-state index in [0.29, 0.717) is 0 Å². The molecular formula is C9H15N3O7. The quantitative estimate of drug-likeness (QED) is 0.295. The van der Waals surface area contributed by atoms with Crippen LogP contribution in [0.5, 0.6) is 0 Å². The van der Waals surface area contributed by atoms with E-state index < -0.39 is 42.4 Å². The van der Waals surface area contributed by atoms with Crippen molar-refractivity contribution >= 4 is 23.9 Å². The van der Waals surface area contributed by atoms with E-state index in [1.807, 2.05) is 5.32 Å². The van der Waals surface area contributed by atoms with Crippen molar-refractivity contribution in [2.24, 2.45) is 5.73 Å². The van der Waals surface area contributed by atoms with Crippen LogP contribution in [0.1, 0.15) is 12.8 Å². The van der Waals surface area contributed by atoms with Gasteiger partial charge in [0.1, 0.15) is 12.1 Å². The standard InChI is InChI=1S/C9H15N3O7/c10-4(7(15)16)3-11-9(19)12-5(8(17)18)1-2-6(13)14/h4-5H,1-3,10H2,(H,13,14)(H,15,16)(H,17,18)(H2,11,12,19)/t4-,5-/m0/s1. The maximum Gasteiger partial charge on any atom is 0.326 e. The molecule has 0 saturated carbocycles. The van der Waals surface area contributed by atoms with Crippen molar-refractivity contribution in [1.29, 1.82) is 0 Å². The molecule has 19 heavy (non-hydrogen) atoms. The second-order valence-corrected chi connectivity index (χ2v) is 3.62. The van der Waals surface area contributed by atoms with Gasteiger partial charge in [-0.3, -0.25) is 9.59 Å². The molecule has 0 aliphatic carbocycles. The van der Waals surface area contributed by atoms with Crippen molar-refractivity contribution in [3.8, 4) is 0 Å². The second kappa shape index (κ2) is 7.87. The Morgan fingerprint density at radius 3 is 2.05 bits per heavy atom. The molecule has 0 saturated heterocycles. The summed E-state index contributed by atoms with van der Waals surface area (Å²) in [6, 6.07) is -3.63. The number of nitrogens with one attached hydrogen (secondary N) is 2. The van der Waals surface area contributed by atoms with Gasteiger partial charge < -0.3 is 31.7 Å². The van der Waals surface area contributed by atoms with Crippen LogP contribution in [0.4, 0.5) is 4.79 Å². The summed E-state index contributed by atoms with van der Waals surface area (Å²) in [5.74, 6) is -3.90. The fourth-order valence-electron chi connectivity index (χ4n) is 1.02. The third-order valence-electron chi connectivity index (χ3n) is 2.05. The molecule has 0 aromatic heterocycles. The fraction of sp³-hybridized carbons (Fsp3) is 0.556. The number of carbonyl (C=O) groups is 4. The first-order chi connectivity index (χ1) is 8.73. The van der Waals surface area contributed by atoms with Gasteiger partial charge in [0.05, 0.1) is 0 Å². The lowest BCUT2D eigenvalue weighted by molar-refractivity contribution is -0.141. The van der Waals surface area contributed by atoms with Crippen LogP contribution in [0.3, 0.4) is 0 Å². The zero-order chi connectivity index (χ0) is 15.0. The van der Waals surface area contributed by atoms with E-state index in [2.05, 4.69) is 5.32 Å². The fourth-order valence-corrected chi connectivity index (χ4v) is 1.02. The molecule has 0 heterocycles. The third kappa shape index (κ3) is 7.54. The van der Waals surface area contributed by atoms with Crippen LogP contribution < -0.4 is 16.4 Å². The summed E-state index contributed by atoms with van der Waals surface area (Å²) in [6.45, 7) is -0.383. The molecule has 0 aromatic rings. The second-order valence-electron chi connectivity index (χ2n) is 3.62. The number of urea groups is 1. The van der Waals surface area contributed by atoms with Gasteiger partial charge in [-0.05, 0) is 6.42 Å². The van der Waals surface area contributed by atoms with Gasteiger partial charge in [-0.1, -0.05) is 0 Å². The zero-order valence-electron chi connectivity index (χ0n) is 9.83. The number of carboxylic acid groups (broad SMARTS) is 3. The maximum absolute atomic E-state index is 11.2. The van der Waals surface area contributed by atoms with Crippen molar-refractivity contribution < 1.29 is 34.5 Å². The highest BCUT2D eigenvalue weighted by molar-refractivity contribution is 5.83. The Morgan fingerprint density at radius 2 is 1.63 bits per heavy atom. The summed E-state index contributed by atoms with van der Waals surface area (Å²) >= 11 is 0. The van der Waals surface area contributed by atoms with Crippen molar-refractivity contribution in [2.75, 3.05) is 6.54 Å². The molecular weight excluding hydrogens is 262 g/mol. The zero-order valence-corrected chi connectivity index (χ0v) is 9.83. The van der Waals surface area contributed by atoms with Gasteiger partial charge in [-0.2, -0.15) is 0 Å². The summed E-state index contributed by atoms with van der Waals surface area (Å²) in [6.07, 6.45) is -0.713. The Morgan fingerprint density at radius 1 is 1.05 bits per heavy atom. The Balaban J connectivity index is 4.20. The van der Waals surface area contributed by atoms with Gasteiger partial charge >= 0.3 is 23.9 Å². The maximum atomic E-state index is 11.2. The van der Waals surface area contributed by atoms with Gasteiger partial charge in [-0.15, -0.1) is 0 Å². The third-order valence-corrected chi connectivity index (χ3v) is 2.05. The number of hydrogen-bond acceptors (Lipinski definition) is 5. The topological polar surface area (TPSA) is 179 Å². The normalized spacial score (nSPS) is 13.1. The van der Waals surface area contributed by atoms with E-state index in [4.69, 9.17) is 21.1 Å². The molecule has 7 N–H and O–H groups in total. The Hall–Kier alpha value is -2.36. The molecule has 10 heteroatoms. The Bertz CT molecular complexity index is 371. The lowest BCUT2D eigenvalue weighted by atomic mass is 10.1. The smallest absolute Gasteiger partial charge is 0.326 e. The van der Waals surface area contributed by atoms with Crippen LogP contribution in [0.2, 0.25) is 0 Å². The number of nitrogens with two attached hydrogens (primary N) is 1. The number of aliphatic carboxylic acids is 3. The van der Waals surface area contributed by atoms with Crippen LogP contribution in [-0.4, -0.2) is 57.9 Å².